The molecule has 134 valence electrons. The molecule has 1 aromatic heterocycles. The number of ether oxygens (including phenoxy) is 1. The van der Waals surface area contributed by atoms with Crippen molar-refractivity contribution in [3.05, 3.63) is 76.9 Å². The van der Waals surface area contributed by atoms with E-state index in [9.17, 15) is 9.18 Å². The van der Waals surface area contributed by atoms with Crippen LogP contribution in [-0.4, -0.2) is 22.8 Å². The van der Waals surface area contributed by atoms with Gasteiger partial charge in [-0.2, -0.15) is 5.10 Å². The van der Waals surface area contributed by atoms with Gasteiger partial charge in [0.1, 0.15) is 11.6 Å². The van der Waals surface area contributed by atoms with Gasteiger partial charge in [-0.05, 0) is 49.7 Å². The Labute approximate surface area is 151 Å². The zero-order chi connectivity index (χ0) is 18.7. The molecule has 0 spiro atoms. The van der Waals surface area contributed by atoms with Crippen molar-refractivity contribution >= 4 is 11.6 Å². The van der Waals surface area contributed by atoms with Crippen molar-refractivity contribution in [3.8, 4) is 5.75 Å². The lowest BCUT2D eigenvalue weighted by Gasteiger charge is -2.08. The van der Waals surface area contributed by atoms with Gasteiger partial charge in [-0.15, -0.1) is 0 Å². The van der Waals surface area contributed by atoms with E-state index in [-0.39, 0.29) is 11.7 Å². The Balaban J connectivity index is 1.82. The molecule has 26 heavy (non-hydrogen) atoms. The molecule has 0 atom stereocenters. The van der Waals surface area contributed by atoms with Crippen LogP contribution in [-0.2, 0) is 6.54 Å². The predicted molar refractivity (Wildman–Crippen MR) is 98.2 cm³/mol. The van der Waals surface area contributed by atoms with E-state index in [1.807, 2.05) is 19.9 Å². The van der Waals surface area contributed by atoms with Crippen LogP contribution >= 0.6 is 0 Å². The number of rotatable bonds is 5. The van der Waals surface area contributed by atoms with Crippen LogP contribution < -0.4 is 10.1 Å². The van der Waals surface area contributed by atoms with Gasteiger partial charge in [0.05, 0.1) is 30.7 Å². The van der Waals surface area contributed by atoms with E-state index in [4.69, 9.17) is 4.74 Å². The Bertz CT molecular complexity index is 950. The first-order valence-electron chi connectivity index (χ1n) is 8.22. The fraction of sp³-hybridized carbons (Fsp3) is 0.200. The van der Waals surface area contributed by atoms with Crippen molar-refractivity contribution in [2.24, 2.45) is 0 Å². The molecular weight excluding hydrogens is 333 g/mol. The fourth-order valence-electron chi connectivity index (χ4n) is 2.79. The van der Waals surface area contributed by atoms with Crippen LogP contribution in [0.25, 0.3) is 0 Å². The van der Waals surface area contributed by atoms with Gasteiger partial charge in [0.2, 0.25) is 0 Å². The smallest absolute Gasteiger partial charge is 0.255 e. The van der Waals surface area contributed by atoms with Crippen LogP contribution in [0.4, 0.5) is 10.1 Å². The standard InChI is InChI=1S/C20H20FN3O2/c1-13-19(22-20(25)16-7-5-9-18(11-16)26-3)14(2)24(23-13)12-15-6-4-8-17(21)10-15/h4-11H,12H2,1-3H3,(H,22,25). The summed E-state index contributed by atoms with van der Waals surface area (Å²) in [6.07, 6.45) is 0. The minimum atomic E-state index is -0.282. The highest BCUT2D eigenvalue weighted by Crippen LogP contribution is 2.22. The Morgan fingerprint density at radius 1 is 1.19 bits per heavy atom. The second-order valence-corrected chi connectivity index (χ2v) is 6.02. The van der Waals surface area contributed by atoms with Crippen molar-refractivity contribution in [2.45, 2.75) is 20.4 Å². The SMILES string of the molecule is COc1cccc(C(=O)Nc2c(C)nn(Cc3cccc(F)c3)c2C)c1. The maximum absolute atomic E-state index is 13.4. The molecule has 0 saturated carbocycles. The molecule has 1 heterocycles. The number of nitrogens with one attached hydrogen (secondary N) is 1. The summed E-state index contributed by atoms with van der Waals surface area (Å²) in [6.45, 7) is 4.14. The van der Waals surface area contributed by atoms with Gasteiger partial charge in [0.25, 0.3) is 5.91 Å². The maximum atomic E-state index is 13.4. The first-order chi connectivity index (χ1) is 12.5. The second-order valence-electron chi connectivity index (χ2n) is 6.02. The number of carbonyl (C=O) groups is 1. The molecular formula is C20H20FN3O2. The van der Waals surface area contributed by atoms with E-state index in [0.29, 0.717) is 29.2 Å². The third-order valence-corrected chi connectivity index (χ3v) is 4.17. The zero-order valence-corrected chi connectivity index (χ0v) is 14.9. The van der Waals surface area contributed by atoms with Crippen LogP contribution in [0.5, 0.6) is 5.75 Å². The number of carbonyl (C=O) groups excluding carboxylic acids is 1. The Morgan fingerprint density at radius 2 is 1.96 bits per heavy atom. The molecule has 0 fully saturated rings. The van der Waals surface area contributed by atoms with Crippen LogP contribution in [0.1, 0.15) is 27.3 Å². The number of methoxy groups -OCH3 is 1. The molecule has 3 rings (SSSR count). The van der Waals surface area contributed by atoms with Crippen LogP contribution in [0, 0.1) is 19.7 Å². The first-order valence-corrected chi connectivity index (χ1v) is 8.22. The Morgan fingerprint density at radius 3 is 2.69 bits per heavy atom. The molecule has 0 saturated heterocycles. The molecule has 5 nitrogen and oxygen atoms in total. The summed E-state index contributed by atoms with van der Waals surface area (Å²) in [5.41, 5.74) is 3.48. The largest absolute Gasteiger partial charge is 0.497 e. The average Bonchev–Trinajstić information content (AvgIpc) is 2.89. The highest BCUT2D eigenvalue weighted by Gasteiger charge is 2.16. The van der Waals surface area contributed by atoms with Gasteiger partial charge in [-0.1, -0.05) is 18.2 Å². The number of benzene rings is 2. The number of aromatic nitrogens is 2. The molecule has 0 radical (unpaired) electrons. The summed E-state index contributed by atoms with van der Waals surface area (Å²) >= 11 is 0. The molecule has 0 aliphatic rings. The topological polar surface area (TPSA) is 56.1 Å². The lowest BCUT2D eigenvalue weighted by molar-refractivity contribution is 0.102. The second kappa shape index (κ2) is 7.39. The minimum absolute atomic E-state index is 0.236. The van der Waals surface area contributed by atoms with Crippen LogP contribution in [0.2, 0.25) is 0 Å². The van der Waals surface area contributed by atoms with Crippen molar-refractivity contribution in [1.29, 1.82) is 0 Å². The Hall–Kier alpha value is -3.15. The summed E-state index contributed by atoms with van der Waals surface area (Å²) in [7, 11) is 1.56. The molecule has 0 bridgehead atoms. The molecule has 0 aliphatic heterocycles. The number of anilines is 1. The van der Waals surface area contributed by atoms with E-state index in [2.05, 4.69) is 10.4 Å². The number of hydrogen-bond acceptors (Lipinski definition) is 3. The van der Waals surface area contributed by atoms with Crippen LogP contribution in [0.15, 0.2) is 48.5 Å². The third kappa shape index (κ3) is 3.74. The van der Waals surface area contributed by atoms with E-state index in [1.165, 1.54) is 12.1 Å². The van der Waals surface area contributed by atoms with Crippen molar-refractivity contribution in [3.63, 3.8) is 0 Å². The lowest BCUT2D eigenvalue weighted by Crippen LogP contribution is -2.13. The van der Waals surface area contributed by atoms with Gasteiger partial charge in [-0.25, -0.2) is 4.39 Å². The van der Waals surface area contributed by atoms with Gasteiger partial charge in [0.15, 0.2) is 0 Å². The highest BCUT2D eigenvalue weighted by atomic mass is 19.1. The maximum Gasteiger partial charge on any atom is 0.255 e. The lowest BCUT2D eigenvalue weighted by atomic mass is 10.2. The molecule has 0 unspecified atom stereocenters. The molecule has 0 aliphatic carbocycles. The first kappa shape index (κ1) is 17.7. The van der Waals surface area contributed by atoms with Crippen molar-refractivity contribution in [1.82, 2.24) is 9.78 Å². The van der Waals surface area contributed by atoms with E-state index in [1.54, 1.807) is 42.1 Å². The quantitative estimate of drug-likeness (QED) is 0.756. The number of hydrogen-bond donors (Lipinski definition) is 1. The fourth-order valence-corrected chi connectivity index (χ4v) is 2.79. The zero-order valence-electron chi connectivity index (χ0n) is 14.9. The highest BCUT2D eigenvalue weighted by molar-refractivity contribution is 6.05. The average molecular weight is 353 g/mol. The molecule has 6 heteroatoms. The summed E-state index contributed by atoms with van der Waals surface area (Å²) in [5.74, 6) is 0.101. The van der Waals surface area contributed by atoms with Crippen molar-refractivity contribution in [2.75, 3.05) is 12.4 Å². The van der Waals surface area contributed by atoms with E-state index >= 15 is 0 Å². The van der Waals surface area contributed by atoms with Crippen molar-refractivity contribution < 1.29 is 13.9 Å². The normalized spacial score (nSPS) is 10.6. The molecule has 3 aromatic rings. The van der Waals surface area contributed by atoms with Crippen LogP contribution in [0.3, 0.4) is 0 Å². The van der Waals surface area contributed by atoms with E-state index < -0.39 is 0 Å². The predicted octanol–water partition coefficient (Wildman–Crippen LogP) is 3.95. The Kier molecular flexibility index (Phi) is 5.02. The number of aryl methyl sites for hydroxylation is 1. The number of halogens is 1. The molecule has 1 amide bonds. The number of nitrogens with zero attached hydrogens (tertiary/aromatic N) is 2. The van der Waals surface area contributed by atoms with Gasteiger partial charge in [0, 0.05) is 5.56 Å². The monoisotopic (exact) mass is 353 g/mol. The van der Waals surface area contributed by atoms with Gasteiger partial charge in [-0.3, -0.25) is 9.48 Å². The van der Waals surface area contributed by atoms with Gasteiger partial charge >= 0.3 is 0 Å². The molecule has 1 N–H and O–H groups in total. The summed E-state index contributed by atoms with van der Waals surface area (Å²) < 4.78 is 20.3. The summed E-state index contributed by atoms with van der Waals surface area (Å²) in [4.78, 5) is 12.5. The number of amides is 1. The third-order valence-electron chi connectivity index (χ3n) is 4.17. The minimum Gasteiger partial charge on any atom is -0.497 e. The summed E-state index contributed by atoms with van der Waals surface area (Å²) in [5, 5.41) is 7.38. The van der Waals surface area contributed by atoms with Gasteiger partial charge < -0.3 is 10.1 Å². The van der Waals surface area contributed by atoms with E-state index in [0.717, 1.165) is 11.3 Å². The molecule has 2 aromatic carbocycles. The summed E-state index contributed by atoms with van der Waals surface area (Å²) in [6, 6.07) is 13.3.